The second-order valence-corrected chi connectivity index (χ2v) is 5.96. The fourth-order valence-electron chi connectivity index (χ4n) is 3.64. The maximum absolute atomic E-state index is 11.4. The molecule has 4 nitrogen and oxygen atoms in total. The molecular formula is C13H25BN2O2. The van der Waals surface area contributed by atoms with E-state index in [1.807, 2.05) is 0 Å². The highest BCUT2D eigenvalue weighted by Crippen LogP contribution is 2.33. The Bertz CT molecular complexity index is 301. The van der Waals surface area contributed by atoms with E-state index in [1.165, 1.54) is 6.42 Å². The summed E-state index contributed by atoms with van der Waals surface area (Å²) in [6.45, 7) is 1.65. The van der Waals surface area contributed by atoms with Gasteiger partial charge in [0.15, 0.2) is 0 Å². The zero-order valence-corrected chi connectivity index (χ0v) is 11.3. The SMILES string of the molecule is BCCC[C@H]1CN(C2CCCC2N)C[C@H]1C(=O)O. The summed E-state index contributed by atoms with van der Waals surface area (Å²) < 4.78 is 0. The number of likely N-dealkylation sites (tertiary alicyclic amines) is 1. The minimum Gasteiger partial charge on any atom is -0.481 e. The van der Waals surface area contributed by atoms with Crippen molar-refractivity contribution in [2.75, 3.05) is 13.1 Å². The molecule has 5 heteroatoms. The summed E-state index contributed by atoms with van der Waals surface area (Å²) in [6.07, 6.45) is 6.77. The van der Waals surface area contributed by atoms with Gasteiger partial charge in [0.2, 0.25) is 0 Å². The number of rotatable bonds is 5. The Hall–Kier alpha value is -0.545. The fourth-order valence-corrected chi connectivity index (χ4v) is 3.64. The molecule has 0 aromatic carbocycles. The first kappa shape index (κ1) is 13.9. The van der Waals surface area contributed by atoms with Crippen molar-refractivity contribution in [3.8, 4) is 0 Å². The lowest BCUT2D eigenvalue weighted by atomic mass is 9.88. The molecule has 2 fully saturated rings. The molecular weight excluding hydrogens is 227 g/mol. The summed E-state index contributed by atoms with van der Waals surface area (Å²) in [6, 6.07) is 0.683. The lowest BCUT2D eigenvalue weighted by Gasteiger charge is -2.27. The number of nitrogens with two attached hydrogens (primary N) is 1. The van der Waals surface area contributed by atoms with E-state index in [0.29, 0.717) is 18.5 Å². The molecule has 0 amide bonds. The van der Waals surface area contributed by atoms with E-state index in [9.17, 15) is 9.90 Å². The van der Waals surface area contributed by atoms with Crippen molar-refractivity contribution in [2.24, 2.45) is 17.6 Å². The Balaban J connectivity index is 1.97. The first-order chi connectivity index (χ1) is 8.63. The van der Waals surface area contributed by atoms with Gasteiger partial charge in [0.25, 0.3) is 0 Å². The molecule has 102 valence electrons. The molecule has 1 aliphatic carbocycles. The van der Waals surface area contributed by atoms with E-state index in [1.54, 1.807) is 0 Å². The molecule has 0 radical (unpaired) electrons. The van der Waals surface area contributed by atoms with Crippen LogP contribution >= 0.6 is 0 Å². The van der Waals surface area contributed by atoms with Gasteiger partial charge >= 0.3 is 5.97 Å². The van der Waals surface area contributed by atoms with Gasteiger partial charge in [-0.1, -0.05) is 19.2 Å². The normalized spacial score (nSPS) is 37.2. The van der Waals surface area contributed by atoms with Crippen LogP contribution in [0.4, 0.5) is 0 Å². The molecule has 2 rings (SSSR count). The maximum Gasteiger partial charge on any atom is 0.308 e. The molecule has 1 saturated heterocycles. The highest BCUT2D eigenvalue weighted by Gasteiger charge is 2.41. The highest BCUT2D eigenvalue weighted by atomic mass is 16.4. The lowest BCUT2D eigenvalue weighted by molar-refractivity contribution is -0.142. The van der Waals surface area contributed by atoms with Crippen molar-refractivity contribution >= 4 is 13.8 Å². The number of carbonyl (C=O) groups is 1. The molecule has 4 atom stereocenters. The second kappa shape index (κ2) is 6.07. The van der Waals surface area contributed by atoms with Gasteiger partial charge in [0.1, 0.15) is 7.85 Å². The van der Waals surface area contributed by atoms with Crippen molar-refractivity contribution < 1.29 is 9.90 Å². The number of aliphatic carboxylic acids is 1. The Labute approximate surface area is 110 Å². The zero-order chi connectivity index (χ0) is 13.1. The fraction of sp³-hybridized carbons (Fsp3) is 0.923. The van der Waals surface area contributed by atoms with Crippen LogP contribution in [0.1, 0.15) is 32.1 Å². The van der Waals surface area contributed by atoms with E-state index in [0.717, 1.165) is 38.5 Å². The Morgan fingerprint density at radius 3 is 2.72 bits per heavy atom. The molecule has 2 unspecified atom stereocenters. The van der Waals surface area contributed by atoms with Crippen LogP contribution in [0.3, 0.4) is 0 Å². The lowest BCUT2D eigenvalue weighted by Crippen LogP contribution is -2.43. The van der Waals surface area contributed by atoms with Crippen LogP contribution in [0.2, 0.25) is 6.32 Å². The summed E-state index contributed by atoms with van der Waals surface area (Å²) in [4.78, 5) is 13.7. The van der Waals surface area contributed by atoms with Crippen LogP contribution in [0.5, 0.6) is 0 Å². The van der Waals surface area contributed by atoms with E-state index >= 15 is 0 Å². The number of hydrogen-bond acceptors (Lipinski definition) is 3. The third-order valence-electron chi connectivity index (χ3n) is 4.72. The minimum atomic E-state index is -0.620. The van der Waals surface area contributed by atoms with Gasteiger partial charge in [0.05, 0.1) is 5.92 Å². The van der Waals surface area contributed by atoms with Gasteiger partial charge in [-0.15, -0.1) is 0 Å². The summed E-state index contributed by atoms with van der Waals surface area (Å²) in [5.74, 6) is -0.468. The molecule has 18 heavy (non-hydrogen) atoms. The Morgan fingerprint density at radius 2 is 2.17 bits per heavy atom. The summed E-state index contributed by atoms with van der Waals surface area (Å²) in [5, 5.41) is 9.35. The summed E-state index contributed by atoms with van der Waals surface area (Å²) in [7, 11) is 2.16. The van der Waals surface area contributed by atoms with Crippen LogP contribution in [0.25, 0.3) is 0 Å². The van der Waals surface area contributed by atoms with Gasteiger partial charge < -0.3 is 10.8 Å². The third kappa shape index (κ3) is 2.89. The number of carboxylic acids is 1. The third-order valence-corrected chi connectivity index (χ3v) is 4.72. The van der Waals surface area contributed by atoms with Crippen LogP contribution in [0, 0.1) is 11.8 Å². The van der Waals surface area contributed by atoms with Gasteiger partial charge in [-0.3, -0.25) is 9.69 Å². The van der Waals surface area contributed by atoms with Crippen molar-refractivity contribution in [2.45, 2.75) is 50.5 Å². The molecule has 0 aromatic rings. The van der Waals surface area contributed by atoms with E-state index in [-0.39, 0.29) is 12.0 Å². The molecule has 1 saturated carbocycles. The maximum atomic E-state index is 11.4. The number of hydrogen-bond donors (Lipinski definition) is 2. The molecule has 0 spiro atoms. The summed E-state index contributed by atoms with van der Waals surface area (Å²) >= 11 is 0. The quantitative estimate of drug-likeness (QED) is 0.692. The molecule has 1 aliphatic heterocycles. The average molecular weight is 252 g/mol. The van der Waals surface area contributed by atoms with Crippen molar-refractivity contribution in [3.63, 3.8) is 0 Å². The smallest absolute Gasteiger partial charge is 0.308 e. The topological polar surface area (TPSA) is 66.6 Å². The molecule has 3 N–H and O–H groups in total. The predicted molar refractivity (Wildman–Crippen MR) is 74.4 cm³/mol. The Kier molecular flexibility index (Phi) is 4.68. The molecule has 2 aliphatic rings. The van der Waals surface area contributed by atoms with Crippen LogP contribution < -0.4 is 5.73 Å². The first-order valence-electron chi connectivity index (χ1n) is 7.36. The van der Waals surface area contributed by atoms with E-state index in [2.05, 4.69) is 12.7 Å². The van der Waals surface area contributed by atoms with Crippen molar-refractivity contribution in [1.29, 1.82) is 0 Å². The number of nitrogens with zero attached hydrogens (tertiary/aromatic N) is 1. The van der Waals surface area contributed by atoms with Crippen molar-refractivity contribution in [1.82, 2.24) is 4.90 Å². The van der Waals surface area contributed by atoms with E-state index in [4.69, 9.17) is 5.73 Å². The van der Waals surface area contributed by atoms with Gasteiger partial charge in [-0.05, 0) is 25.2 Å². The number of carboxylic acid groups (broad SMARTS) is 1. The highest BCUT2D eigenvalue weighted by molar-refractivity contribution is 6.08. The molecule has 0 aromatic heterocycles. The molecule has 1 heterocycles. The standard InChI is InChI=1S/C13H25BN2O2/c14-6-2-3-9-7-16(8-10(9)13(17)18)12-5-1-4-11(12)15/h9-12H,1-8,14-15H2,(H,17,18)/t9-,10+,11?,12?/m0/s1. The van der Waals surface area contributed by atoms with Crippen molar-refractivity contribution in [3.05, 3.63) is 0 Å². The molecule has 0 bridgehead atoms. The van der Waals surface area contributed by atoms with Gasteiger partial charge in [-0.2, -0.15) is 0 Å². The van der Waals surface area contributed by atoms with Gasteiger partial charge in [-0.25, -0.2) is 0 Å². The Morgan fingerprint density at radius 1 is 1.39 bits per heavy atom. The zero-order valence-electron chi connectivity index (χ0n) is 11.3. The van der Waals surface area contributed by atoms with Crippen LogP contribution in [-0.2, 0) is 4.79 Å². The largest absolute Gasteiger partial charge is 0.481 e. The van der Waals surface area contributed by atoms with Crippen LogP contribution in [0.15, 0.2) is 0 Å². The monoisotopic (exact) mass is 252 g/mol. The van der Waals surface area contributed by atoms with Gasteiger partial charge in [0, 0.05) is 25.2 Å². The first-order valence-corrected chi connectivity index (χ1v) is 7.36. The average Bonchev–Trinajstić information content (AvgIpc) is 2.92. The van der Waals surface area contributed by atoms with Crippen LogP contribution in [-0.4, -0.2) is 49.0 Å². The predicted octanol–water partition coefficient (Wildman–Crippen LogP) is 0.330. The summed E-state index contributed by atoms with van der Waals surface area (Å²) in [5.41, 5.74) is 6.14. The van der Waals surface area contributed by atoms with E-state index < -0.39 is 5.97 Å². The minimum absolute atomic E-state index is 0.177. The second-order valence-electron chi connectivity index (χ2n) is 5.96.